The van der Waals surface area contributed by atoms with E-state index in [-0.39, 0.29) is 6.23 Å². The first-order valence-electron chi connectivity index (χ1n) is 6.13. The molecule has 4 nitrogen and oxygen atoms in total. The number of benzene rings is 1. The van der Waals surface area contributed by atoms with E-state index in [2.05, 4.69) is 33.8 Å². The van der Waals surface area contributed by atoms with Crippen molar-refractivity contribution in [1.29, 1.82) is 0 Å². The summed E-state index contributed by atoms with van der Waals surface area (Å²) in [6.07, 6.45) is 3.45. The smallest absolute Gasteiger partial charge is 0.150 e. The first-order chi connectivity index (χ1) is 8.79. The predicted molar refractivity (Wildman–Crippen MR) is 77.8 cm³/mol. The normalized spacial score (nSPS) is 20.2. The quantitative estimate of drug-likeness (QED) is 0.773. The average molecular weight is 358 g/mol. The molecule has 5 heteroatoms. The van der Waals surface area contributed by atoms with E-state index in [1.165, 1.54) is 6.42 Å². The van der Waals surface area contributed by atoms with Crippen molar-refractivity contribution in [3.8, 4) is 5.75 Å². The Bertz CT molecular complexity index is 561. The van der Waals surface area contributed by atoms with E-state index in [0.717, 1.165) is 39.8 Å². The molecule has 3 rings (SSSR count). The van der Waals surface area contributed by atoms with Crippen LogP contribution in [0.4, 0.5) is 0 Å². The Morgan fingerprint density at radius 1 is 1.44 bits per heavy atom. The van der Waals surface area contributed by atoms with Crippen molar-refractivity contribution in [1.82, 2.24) is 9.78 Å². The lowest BCUT2D eigenvalue weighted by Crippen LogP contribution is -2.19. The standard InChI is InChI=1S/C13H15IN2O2/c1-17-9-5-6-10-11(8-9)16(15-13(10)14)12-4-2-3-7-18-12/h5-6,8,12H,2-4,7H2,1H3. The van der Waals surface area contributed by atoms with E-state index in [4.69, 9.17) is 9.47 Å². The summed E-state index contributed by atoms with van der Waals surface area (Å²) in [4.78, 5) is 0. The molecule has 0 saturated carbocycles. The summed E-state index contributed by atoms with van der Waals surface area (Å²) in [7, 11) is 1.68. The van der Waals surface area contributed by atoms with Crippen molar-refractivity contribution in [3.05, 3.63) is 21.9 Å². The predicted octanol–water partition coefficient (Wildman–Crippen LogP) is 3.35. The van der Waals surface area contributed by atoms with Crippen molar-refractivity contribution >= 4 is 33.5 Å². The van der Waals surface area contributed by atoms with Crippen LogP contribution in [-0.4, -0.2) is 23.5 Å². The van der Waals surface area contributed by atoms with Crippen LogP contribution in [0.3, 0.4) is 0 Å². The minimum Gasteiger partial charge on any atom is -0.497 e. The van der Waals surface area contributed by atoms with Gasteiger partial charge in [-0.1, -0.05) is 0 Å². The molecule has 1 aromatic heterocycles. The van der Waals surface area contributed by atoms with Crippen molar-refractivity contribution in [2.75, 3.05) is 13.7 Å². The van der Waals surface area contributed by atoms with E-state index in [1.54, 1.807) is 7.11 Å². The summed E-state index contributed by atoms with van der Waals surface area (Å²) in [6, 6.07) is 6.06. The average Bonchev–Trinajstić information content (AvgIpc) is 2.76. The lowest BCUT2D eigenvalue weighted by atomic mass is 10.2. The molecule has 0 amide bonds. The molecule has 1 unspecified atom stereocenters. The molecule has 1 fully saturated rings. The van der Waals surface area contributed by atoms with Crippen LogP contribution in [-0.2, 0) is 4.74 Å². The Morgan fingerprint density at radius 2 is 2.33 bits per heavy atom. The van der Waals surface area contributed by atoms with E-state index in [1.807, 2.05) is 16.8 Å². The summed E-state index contributed by atoms with van der Waals surface area (Å²) in [5.41, 5.74) is 1.09. The summed E-state index contributed by atoms with van der Waals surface area (Å²) in [5, 5.41) is 5.77. The van der Waals surface area contributed by atoms with Crippen molar-refractivity contribution in [2.45, 2.75) is 25.5 Å². The molecule has 1 atom stereocenters. The second kappa shape index (κ2) is 5.05. The number of nitrogens with zero attached hydrogens (tertiary/aromatic N) is 2. The van der Waals surface area contributed by atoms with Gasteiger partial charge in [0.2, 0.25) is 0 Å². The van der Waals surface area contributed by atoms with Gasteiger partial charge in [-0.05, 0) is 54.0 Å². The monoisotopic (exact) mass is 358 g/mol. The van der Waals surface area contributed by atoms with Gasteiger partial charge in [-0.15, -0.1) is 0 Å². The maximum Gasteiger partial charge on any atom is 0.150 e. The van der Waals surface area contributed by atoms with Crippen molar-refractivity contribution in [3.63, 3.8) is 0 Å². The maximum absolute atomic E-state index is 5.82. The van der Waals surface area contributed by atoms with E-state index in [0.29, 0.717) is 0 Å². The minimum absolute atomic E-state index is 0.0665. The third-order valence-corrected chi connectivity index (χ3v) is 4.09. The summed E-state index contributed by atoms with van der Waals surface area (Å²) < 4.78 is 14.1. The van der Waals surface area contributed by atoms with Crippen molar-refractivity contribution < 1.29 is 9.47 Å². The number of methoxy groups -OCH3 is 1. The zero-order valence-electron chi connectivity index (χ0n) is 10.2. The van der Waals surface area contributed by atoms with Gasteiger partial charge in [-0.2, -0.15) is 5.10 Å². The Balaban J connectivity index is 2.09. The number of halogens is 1. The second-order valence-corrected chi connectivity index (χ2v) is 5.46. The molecule has 0 N–H and O–H groups in total. The molecule has 1 aromatic carbocycles. The van der Waals surface area contributed by atoms with Gasteiger partial charge < -0.3 is 9.47 Å². The number of hydrogen-bond donors (Lipinski definition) is 0. The molecule has 0 aliphatic carbocycles. The Morgan fingerprint density at radius 3 is 3.06 bits per heavy atom. The molecule has 18 heavy (non-hydrogen) atoms. The first-order valence-corrected chi connectivity index (χ1v) is 7.21. The molecule has 1 saturated heterocycles. The maximum atomic E-state index is 5.82. The SMILES string of the molecule is COc1ccc2c(I)nn(C3CCCCO3)c2c1. The van der Waals surface area contributed by atoms with Crippen LogP contribution < -0.4 is 4.74 Å². The number of aromatic nitrogens is 2. The fourth-order valence-electron chi connectivity index (χ4n) is 2.34. The Kier molecular flexibility index (Phi) is 3.43. The minimum atomic E-state index is 0.0665. The molecule has 0 spiro atoms. The molecule has 0 radical (unpaired) electrons. The molecule has 1 aliphatic heterocycles. The lowest BCUT2D eigenvalue weighted by Gasteiger charge is -2.23. The fraction of sp³-hybridized carbons (Fsp3) is 0.462. The molecular formula is C13H15IN2O2. The number of hydrogen-bond acceptors (Lipinski definition) is 3. The summed E-state index contributed by atoms with van der Waals surface area (Å²) >= 11 is 2.27. The van der Waals surface area contributed by atoms with Crippen molar-refractivity contribution in [2.24, 2.45) is 0 Å². The van der Waals surface area contributed by atoms with Gasteiger partial charge in [0.15, 0.2) is 6.23 Å². The Labute approximate surface area is 119 Å². The fourth-order valence-corrected chi connectivity index (χ4v) is 3.03. The topological polar surface area (TPSA) is 36.3 Å². The molecule has 2 aromatic rings. The van der Waals surface area contributed by atoms with Crippen LogP contribution >= 0.6 is 22.6 Å². The highest BCUT2D eigenvalue weighted by atomic mass is 127. The zero-order chi connectivity index (χ0) is 12.5. The van der Waals surface area contributed by atoms with Crippen LogP contribution in [0.15, 0.2) is 18.2 Å². The van der Waals surface area contributed by atoms with Crippen LogP contribution in [0.2, 0.25) is 0 Å². The van der Waals surface area contributed by atoms with Crippen LogP contribution in [0.5, 0.6) is 5.75 Å². The van der Waals surface area contributed by atoms with E-state index in [9.17, 15) is 0 Å². The van der Waals surface area contributed by atoms with Gasteiger partial charge in [-0.3, -0.25) is 0 Å². The zero-order valence-corrected chi connectivity index (χ0v) is 12.4. The highest BCUT2D eigenvalue weighted by Crippen LogP contribution is 2.30. The number of fused-ring (bicyclic) bond motifs is 1. The van der Waals surface area contributed by atoms with Crippen LogP contribution in [0.25, 0.3) is 10.9 Å². The molecular weight excluding hydrogens is 343 g/mol. The third kappa shape index (κ3) is 2.09. The van der Waals surface area contributed by atoms with Gasteiger partial charge in [0.1, 0.15) is 9.45 Å². The molecule has 96 valence electrons. The van der Waals surface area contributed by atoms with E-state index >= 15 is 0 Å². The first kappa shape index (κ1) is 12.2. The van der Waals surface area contributed by atoms with Crippen LogP contribution in [0.1, 0.15) is 25.5 Å². The van der Waals surface area contributed by atoms with Gasteiger partial charge in [0, 0.05) is 18.1 Å². The molecule has 1 aliphatic rings. The van der Waals surface area contributed by atoms with E-state index < -0.39 is 0 Å². The number of ether oxygens (including phenoxy) is 2. The highest BCUT2D eigenvalue weighted by Gasteiger charge is 2.20. The van der Waals surface area contributed by atoms with Gasteiger partial charge in [0.25, 0.3) is 0 Å². The number of rotatable bonds is 2. The van der Waals surface area contributed by atoms with Gasteiger partial charge >= 0.3 is 0 Å². The summed E-state index contributed by atoms with van der Waals surface area (Å²) in [6.45, 7) is 0.826. The molecule has 2 heterocycles. The lowest BCUT2D eigenvalue weighted by molar-refractivity contribution is -0.0368. The third-order valence-electron chi connectivity index (χ3n) is 3.30. The summed E-state index contributed by atoms with van der Waals surface area (Å²) in [5.74, 6) is 0.857. The van der Waals surface area contributed by atoms with Gasteiger partial charge in [-0.25, -0.2) is 4.68 Å². The highest BCUT2D eigenvalue weighted by molar-refractivity contribution is 14.1. The van der Waals surface area contributed by atoms with Crippen LogP contribution in [0, 0.1) is 3.70 Å². The Hall–Kier alpha value is -0.820. The van der Waals surface area contributed by atoms with Gasteiger partial charge in [0.05, 0.1) is 12.6 Å². The molecule has 0 bridgehead atoms. The second-order valence-electron chi connectivity index (χ2n) is 4.44. The largest absolute Gasteiger partial charge is 0.497 e.